The van der Waals surface area contributed by atoms with Crippen molar-refractivity contribution in [2.45, 2.75) is 0 Å². The Morgan fingerprint density at radius 2 is 0.793 bits per heavy atom. The van der Waals surface area contributed by atoms with Gasteiger partial charge in [-0.1, -0.05) is 158 Å². The molecule has 0 saturated heterocycles. The van der Waals surface area contributed by atoms with Crippen LogP contribution in [0, 0.1) is 22.7 Å². The molecule has 268 valence electrons. The summed E-state index contributed by atoms with van der Waals surface area (Å²) in [6.45, 7) is 0. The Hall–Kier alpha value is -8.18. The SMILES string of the molecule is N#Cc1ccccc1-c1ccc(-c2nc(-c3ccc(-c4ccccc4C#N)cc3)c3cc(-c4ccc5ccccc5c4)cc(-c4ccc5ccccc5c4)c3n2)cc1. The van der Waals surface area contributed by atoms with Crippen molar-refractivity contribution in [1.29, 1.82) is 10.5 Å². The Morgan fingerprint density at radius 1 is 0.328 bits per heavy atom. The van der Waals surface area contributed by atoms with Crippen molar-refractivity contribution in [3.05, 3.63) is 205 Å². The van der Waals surface area contributed by atoms with Gasteiger partial charge in [-0.15, -0.1) is 0 Å². The van der Waals surface area contributed by atoms with E-state index in [1.165, 1.54) is 16.2 Å². The lowest BCUT2D eigenvalue weighted by molar-refractivity contribution is 1.23. The molecule has 0 aliphatic heterocycles. The van der Waals surface area contributed by atoms with E-state index in [4.69, 9.17) is 9.97 Å². The standard InChI is InChI=1S/C54H32N4/c55-33-45-13-5-7-15-48(45)37-19-23-39(24-20-37)52-51-32-47(43-27-17-35-9-1-3-11-41(35)29-43)31-50(44-28-18-36-10-2-4-12-42(36)30-44)53(51)58-54(57-52)40-25-21-38(22-26-40)49-16-8-6-14-46(49)34-56/h1-32H. The van der Waals surface area contributed by atoms with Crippen LogP contribution < -0.4 is 0 Å². The van der Waals surface area contributed by atoms with Crippen LogP contribution >= 0.6 is 0 Å². The van der Waals surface area contributed by atoms with Crippen molar-refractivity contribution in [1.82, 2.24) is 9.97 Å². The Bertz CT molecular complexity index is 3290. The molecule has 4 heteroatoms. The van der Waals surface area contributed by atoms with E-state index in [1.54, 1.807) is 0 Å². The Labute approximate surface area is 336 Å². The highest BCUT2D eigenvalue weighted by Gasteiger charge is 2.19. The highest BCUT2D eigenvalue weighted by Crippen LogP contribution is 2.40. The van der Waals surface area contributed by atoms with Gasteiger partial charge in [0.15, 0.2) is 5.82 Å². The number of hydrogen-bond acceptors (Lipinski definition) is 4. The second-order valence-electron chi connectivity index (χ2n) is 14.4. The van der Waals surface area contributed by atoms with Crippen molar-refractivity contribution >= 4 is 32.4 Å². The highest BCUT2D eigenvalue weighted by molar-refractivity contribution is 6.06. The summed E-state index contributed by atoms with van der Waals surface area (Å²) >= 11 is 0. The summed E-state index contributed by atoms with van der Waals surface area (Å²) in [5, 5.41) is 25.3. The van der Waals surface area contributed by atoms with Gasteiger partial charge in [-0.2, -0.15) is 10.5 Å². The molecule has 10 aromatic rings. The number of fused-ring (bicyclic) bond motifs is 3. The Kier molecular flexibility index (Phi) is 8.57. The molecule has 0 bridgehead atoms. The summed E-state index contributed by atoms with van der Waals surface area (Å²) in [4.78, 5) is 10.8. The smallest absolute Gasteiger partial charge is 0.160 e. The number of rotatable bonds is 6. The van der Waals surface area contributed by atoms with E-state index in [-0.39, 0.29) is 0 Å². The lowest BCUT2D eigenvalue weighted by atomic mass is 9.91. The van der Waals surface area contributed by atoms with Crippen LogP contribution in [0.2, 0.25) is 0 Å². The van der Waals surface area contributed by atoms with Gasteiger partial charge < -0.3 is 0 Å². The van der Waals surface area contributed by atoms with E-state index < -0.39 is 0 Å². The van der Waals surface area contributed by atoms with Gasteiger partial charge in [0.25, 0.3) is 0 Å². The molecule has 4 nitrogen and oxygen atoms in total. The van der Waals surface area contributed by atoms with E-state index in [0.29, 0.717) is 17.0 Å². The zero-order valence-electron chi connectivity index (χ0n) is 31.3. The topological polar surface area (TPSA) is 73.4 Å². The summed E-state index contributed by atoms with van der Waals surface area (Å²) < 4.78 is 0. The van der Waals surface area contributed by atoms with Crippen molar-refractivity contribution < 1.29 is 0 Å². The number of aromatic nitrogens is 2. The third-order valence-corrected chi connectivity index (χ3v) is 11.0. The molecule has 1 aromatic heterocycles. The molecule has 0 aliphatic rings. The molecule has 0 unspecified atom stereocenters. The number of hydrogen-bond donors (Lipinski definition) is 0. The van der Waals surface area contributed by atoms with Crippen LogP contribution in [0.15, 0.2) is 194 Å². The van der Waals surface area contributed by atoms with E-state index in [1.807, 2.05) is 72.8 Å². The highest BCUT2D eigenvalue weighted by atomic mass is 14.9. The fraction of sp³-hybridized carbons (Fsp3) is 0. The molecule has 1 heterocycles. The van der Waals surface area contributed by atoms with Crippen molar-refractivity contribution in [3.8, 4) is 79.3 Å². The van der Waals surface area contributed by atoms with E-state index >= 15 is 0 Å². The first-order chi connectivity index (χ1) is 28.6. The van der Waals surface area contributed by atoms with E-state index in [9.17, 15) is 10.5 Å². The van der Waals surface area contributed by atoms with Gasteiger partial charge in [0.05, 0.1) is 34.5 Å². The molecular formula is C54H32N4. The molecule has 0 atom stereocenters. The third-order valence-electron chi connectivity index (χ3n) is 11.0. The molecule has 58 heavy (non-hydrogen) atoms. The average Bonchev–Trinajstić information content (AvgIpc) is 3.30. The zero-order valence-corrected chi connectivity index (χ0v) is 31.3. The summed E-state index contributed by atoms with van der Waals surface area (Å²) in [6, 6.07) is 71.1. The number of nitriles is 2. The molecule has 0 amide bonds. The monoisotopic (exact) mass is 736 g/mol. The first-order valence-electron chi connectivity index (χ1n) is 19.2. The lowest BCUT2D eigenvalue weighted by Gasteiger charge is -2.16. The molecule has 0 aliphatic carbocycles. The predicted octanol–water partition coefficient (Wildman–Crippen LogP) is 13.7. The van der Waals surface area contributed by atoms with Gasteiger partial charge in [0.2, 0.25) is 0 Å². The van der Waals surface area contributed by atoms with Crippen LogP contribution in [0.5, 0.6) is 0 Å². The average molecular weight is 737 g/mol. The van der Waals surface area contributed by atoms with Gasteiger partial charge in [-0.05, 0) is 96.9 Å². The largest absolute Gasteiger partial charge is 0.227 e. The second-order valence-corrected chi connectivity index (χ2v) is 14.4. The van der Waals surface area contributed by atoms with Crippen LogP contribution in [0.25, 0.3) is 99.6 Å². The molecule has 0 N–H and O–H groups in total. The van der Waals surface area contributed by atoms with Crippen LogP contribution in [0.3, 0.4) is 0 Å². The molecule has 0 saturated carbocycles. The fourth-order valence-corrected chi connectivity index (χ4v) is 7.97. The maximum Gasteiger partial charge on any atom is 0.160 e. The molecule has 0 fully saturated rings. The maximum atomic E-state index is 9.85. The minimum atomic E-state index is 0.599. The molecular weight excluding hydrogens is 705 g/mol. The Balaban J connectivity index is 1.22. The quantitative estimate of drug-likeness (QED) is 0.170. The van der Waals surface area contributed by atoms with Crippen molar-refractivity contribution in [2.75, 3.05) is 0 Å². The minimum Gasteiger partial charge on any atom is -0.227 e. The zero-order chi connectivity index (χ0) is 39.0. The summed E-state index contributed by atoms with van der Waals surface area (Å²) in [5.41, 5.74) is 12.6. The number of nitrogens with zero attached hydrogens (tertiary/aromatic N) is 4. The van der Waals surface area contributed by atoms with Gasteiger partial charge in [-0.3, -0.25) is 0 Å². The summed E-state index contributed by atoms with van der Waals surface area (Å²) in [7, 11) is 0. The number of benzene rings is 9. The van der Waals surface area contributed by atoms with Gasteiger partial charge in [0.1, 0.15) is 0 Å². The third kappa shape index (κ3) is 6.22. The van der Waals surface area contributed by atoms with Crippen molar-refractivity contribution in [3.63, 3.8) is 0 Å². The normalized spacial score (nSPS) is 11.1. The van der Waals surface area contributed by atoms with E-state index in [0.717, 1.165) is 77.6 Å². The lowest BCUT2D eigenvalue weighted by Crippen LogP contribution is -1.98. The van der Waals surface area contributed by atoms with Crippen molar-refractivity contribution in [2.24, 2.45) is 0 Å². The maximum absolute atomic E-state index is 9.85. The fourth-order valence-electron chi connectivity index (χ4n) is 7.97. The second kappa shape index (κ2) is 14.5. The van der Waals surface area contributed by atoms with Gasteiger partial charge >= 0.3 is 0 Å². The van der Waals surface area contributed by atoms with Crippen LogP contribution in [0.1, 0.15) is 11.1 Å². The van der Waals surface area contributed by atoms with Crippen LogP contribution in [0.4, 0.5) is 0 Å². The molecule has 0 spiro atoms. The molecule has 0 radical (unpaired) electrons. The van der Waals surface area contributed by atoms with Crippen LogP contribution in [-0.4, -0.2) is 9.97 Å². The van der Waals surface area contributed by atoms with Gasteiger partial charge in [-0.25, -0.2) is 9.97 Å². The molecule has 9 aromatic carbocycles. The first kappa shape index (κ1) is 34.3. The summed E-state index contributed by atoms with van der Waals surface area (Å²) in [5.74, 6) is 0.599. The minimum absolute atomic E-state index is 0.599. The van der Waals surface area contributed by atoms with Crippen LogP contribution in [-0.2, 0) is 0 Å². The summed E-state index contributed by atoms with van der Waals surface area (Å²) in [6.07, 6.45) is 0. The first-order valence-corrected chi connectivity index (χ1v) is 19.2. The Morgan fingerprint density at radius 3 is 1.38 bits per heavy atom. The van der Waals surface area contributed by atoms with Gasteiger partial charge in [0, 0.05) is 22.1 Å². The van der Waals surface area contributed by atoms with E-state index in [2.05, 4.69) is 133 Å². The predicted molar refractivity (Wildman–Crippen MR) is 237 cm³/mol. The molecule has 10 rings (SSSR count).